The van der Waals surface area contributed by atoms with Crippen molar-refractivity contribution < 1.29 is 22.0 Å². The van der Waals surface area contributed by atoms with Gasteiger partial charge in [0.25, 0.3) is 5.91 Å². The maximum absolute atomic E-state index is 14.3. The van der Waals surface area contributed by atoms with Crippen LogP contribution in [-0.4, -0.2) is 39.7 Å². The zero-order chi connectivity index (χ0) is 32.9. The number of aromatic nitrogens is 1. The minimum atomic E-state index is -3.69. The molecule has 1 amide bonds. The molecular weight excluding hydrogens is 615 g/mol. The number of sulfonamides is 1. The minimum Gasteiger partial charge on any atom is -0.455 e. The van der Waals surface area contributed by atoms with Crippen LogP contribution in [0.3, 0.4) is 0 Å². The molecule has 8 nitrogen and oxygen atoms in total. The van der Waals surface area contributed by atoms with Crippen molar-refractivity contribution in [2.75, 3.05) is 34.9 Å². The second-order valence-electron chi connectivity index (χ2n) is 11.7. The molecule has 4 aromatic carbocycles. The maximum atomic E-state index is 14.3. The van der Waals surface area contributed by atoms with Gasteiger partial charge in [-0.3, -0.25) is 14.1 Å². The van der Waals surface area contributed by atoms with E-state index in [4.69, 9.17) is 4.42 Å². The molecule has 0 bridgehead atoms. The number of anilines is 3. The smallest absolute Gasteiger partial charge is 0.262 e. The van der Waals surface area contributed by atoms with Gasteiger partial charge in [0.1, 0.15) is 17.2 Å². The fourth-order valence-electron chi connectivity index (χ4n) is 6.09. The van der Waals surface area contributed by atoms with Crippen LogP contribution in [0.2, 0.25) is 0 Å². The van der Waals surface area contributed by atoms with Crippen LogP contribution in [-0.2, 0) is 16.4 Å². The Hall–Kier alpha value is -5.48. The van der Waals surface area contributed by atoms with Crippen molar-refractivity contribution in [3.63, 3.8) is 0 Å². The first kappa shape index (κ1) is 30.2. The van der Waals surface area contributed by atoms with Crippen LogP contribution in [0.25, 0.3) is 33.4 Å². The number of nitrogens with zero attached hydrogens (tertiary/aromatic N) is 3. The number of pyridine rings is 1. The van der Waals surface area contributed by atoms with Crippen molar-refractivity contribution in [1.82, 2.24) is 4.98 Å². The van der Waals surface area contributed by atoms with E-state index in [2.05, 4.69) is 34.6 Å². The van der Waals surface area contributed by atoms with E-state index in [0.29, 0.717) is 33.5 Å². The van der Waals surface area contributed by atoms with Crippen molar-refractivity contribution >= 4 is 44.0 Å². The predicted molar refractivity (Wildman–Crippen MR) is 184 cm³/mol. The van der Waals surface area contributed by atoms with E-state index in [0.717, 1.165) is 29.5 Å². The summed E-state index contributed by atoms with van der Waals surface area (Å²) in [6.07, 6.45) is 5.16. The fraction of sp³-hybridized carbons (Fsp3) is 0.135. The highest BCUT2D eigenvalue weighted by atomic mass is 32.2. The number of benzene rings is 4. The van der Waals surface area contributed by atoms with Crippen LogP contribution in [0.1, 0.15) is 27.5 Å². The van der Waals surface area contributed by atoms with Crippen molar-refractivity contribution in [2.24, 2.45) is 0 Å². The average Bonchev–Trinajstić information content (AvgIpc) is 3.69. The summed E-state index contributed by atoms with van der Waals surface area (Å²) < 4.78 is 47.4. The molecule has 1 N–H and O–H groups in total. The molecule has 1 aliphatic rings. The number of fused-ring (bicyclic) bond motifs is 2. The van der Waals surface area contributed by atoms with Gasteiger partial charge in [-0.15, -0.1) is 0 Å². The standard InChI is InChI=1S/C37H31FN4O4S/c1-41(28-15-17-39-18-16-28)37(43)35-30-21-29(24-8-6-9-25(19-24)32-20-26-7-4-5-10-31(26)40-32)33(42(2)47(3,44)45)22-34(30)46-36(35)23-11-13-27(38)14-12-23/h4-19,21-22,32,40H,20H2,1-3H3. The van der Waals surface area contributed by atoms with Gasteiger partial charge in [0.2, 0.25) is 10.0 Å². The van der Waals surface area contributed by atoms with Gasteiger partial charge in [-0.25, -0.2) is 12.8 Å². The minimum absolute atomic E-state index is 0.0392. The number of carbonyl (C=O) groups excluding carboxylic acids is 1. The lowest BCUT2D eigenvalue weighted by molar-refractivity contribution is 0.0994. The molecule has 7 rings (SSSR count). The van der Waals surface area contributed by atoms with E-state index in [1.165, 1.54) is 33.9 Å². The van der Waals surface area contributed by atoms with E-state index in [-0.39, 0.29) is 23.3 Å². The van der Waals surface area contributed by atoms with Crippen molar-refractivity contribution in [3.8, 4) is 22.5 Å². The average molecular weight is 647 g/mol. The van der Waals surface area contributed by atoms with Crippen LogP contribution in [0.15, 0.2) is 114 Å². The molecule has 3 heterocycles. The molecule has 1 unspecified atom stereocenters. The van der Waals surface area contributed by atoms with Crippen LogP contribution in [0.5, 0.6) is 0 Å². The molecule has 0 saturated carbocycles. The Morgan fingerprint density at radius 1 is 0.915 bits per heavy atom. The second-order valence-corrected chi connectivity index (χ2v) is 13.7. The van der Waals surface area contributed by atoms with Crippen LogP contribution in [0, 0.1) is 5.82 Å². The van der Waals surface area contributed by atoms with Gasteiger partial charge in [0.05, 0.1) is 23.5 Å². The quantitative estimate of drug-likeness (QED) is 0.191. The molecule has 2 aromatic heterocycles. The van der Waals surface area contributed by atoms with Gasteiger partial charge in [-0.1, -0.05) is 36.4 Å². The molecule has 1 atom stereocenters. The first-order chi connectivity index (χ1) is 22.6. The highest BCUT2D eigenvalue weighted by Gasteiger charge is 2.29. The molecule has 0 fully saturated rings. The van der Waals surface area contributed by atoms with E-state index in [9.17, 15) is 17.6 Å². The normalized spacial score (nSPS) is 14.1. The van der Waals surface area contributed by atoms with E-state index in [1.807, 2.05) is 30.3 Å². The topological polar surface area (TPSA) is 95.8 Å². The van der Waals surface area contributed by atoms with Gasteiger partial charge in [-0.05, 0) is 77.7 Å². The largest absolute Gasteiger partial charge is 0.455 e. The van der Waals surface area contributed by atoms with E-state index in [1.54, 1.807) is 49.8 Å². The molecule has 6 aromatic rings. The molecule has 0 radical (unpaired) electrons. The first-order valence-corrected chi connectivity index (χ1v) is 16.9. The van der Waals surface area contributed by atoms with Gasteiger partial charge in [0, 0.05) is 60.4 Å². The molecular formula is C37H31FN4O4S. The molecule has 47 heavy (non-hydrogen) atoms. The lowest BCUT2D eigenvalue weighted by Crippen LogP contribution is -2.26. The first-order valence-electron chi connectivity index (χ1n) is 15.0. The monoisotopic (exact) mass is 646 g/mol. The number of para-hydroxylation sites is 1. The summed E-state index contributed by atoms with van der Waals surface area (Å²) in [7, 11) is -0.534. The lowest BCUT2D eigenvalue weighted by Gasteiger charge is -2.22. The maximum Gasteiger partial charge on any atom is 0.262 e. The highest BCUT2D eigenvalue weighted by molar-refractivity contribution is 7.92. The number of hydrogen-bond acceptors (Lipinski definition) is 6. The number of furan rings is 1. The van der Waals surface area contributed by atoms with Crippen LogP contribution in [0.4, 0.5) is 21.5 Å². The van der Waals surface area contributed by atoms with Crippen molar-refractivity contribution in [3.05, 3.63) is 132 Å². The second kappa shape index (κ2) is 11.7. The van der Waals surface area contributed by atoms with Gasteiger partial charge < -0.3 is 14.6 Å². The highest BCUT2D eigenvalue weighted by Crippen LogP contribution is 2.43. The third-order valence-electron chi connectivity index (χ3n) is 8.69. The Morgan fingerprint density at radius 2 is 1.66 bits per heavy atom. The number of halogens is 1. The Bertz CT molecular complexity index is 2230. The molecule has 0 aliphatic carbocycles. The molecule has 0 saturated heterocycles. The summed E-state index contributed by atoms with van der Waals surface area (Å²) >= 11 is 0. The third kappa shape index (κ3) is 5.61. The summed E-state index contributed by atoms with van der Waals surface area (Å²) in [5.74, 6) is -0.533. The van der Waals surface area contributed by atoms with Crippen molar-refractivity contribution in [1.29, 1.82) is 0 Å². The number of amides is 1. The van der Waals surface area contributed by atoms with Crippen molar-refractivity contribution in [2.45, 2.75) is 12.5 Å². The summed E-state index contributed by atoms with van der Waals surface area (Å²) in [5.41, 5.74) is 6.84. The SMILES string of the molecule is CN(C(=O)c1c(-c2ccc(F)cc2)oc2cc(N(C)S(C)(=O)=O)c(-c3cccc(C4Cc5ccccc5N4)c3)cc12)c1ccncc1. The van der Waals surface area contributed by atoms with E-state index >= 15 is 0 Å². The number of rotatable bonds is 7. The summed E-state index contributed by atoms with van der Waals surface area (Å²) in [5, 5.41) is 4.09. The summed E-state index contributed by atoms with van der Waals surface area (Å²) in [4.78, 5) is 19.9. The lowest BCUT2D eigenvalue weighted by atomic mass is 9.95. The molecule has 10 heteroatoms. The van der Waals surface area contributed by atoms with Crippen LogP contribution >= 0.6 is 0 Å². The summed E-state index contributed by atoms with van der Waals surface area (Å²) in [6.45, 7) is 0. The Kier molecular flexibility index (Phi) is 7.52. The molecule has 236 valence electrons. The van der Waals surface area contributed by atoms with E-state index < -0.39 is 15.8 Å². The molecule has 1 aliphatic heterocycles. The van der Waals surface area contributed by atoms with Gasteiger partial charge in [-0.2, -0.15) is 0 Å². The number of nitrogens with one attached hydrogen (secondary N) is 1. The predicted octanol–water partition coefficient (Wildman–Crippen LogP) is 7.68. The fourth-order valence-corrected chi connectivity index (χ4v) is 6.60. The molecule has 0 spiro atoms. The van der Waals surface area contributed by atoms with Gasteiger partial charge >= 0.3 is 0 Å². The zero-order valence-corrected chi connectivity index (χ0v) is 26.8. The Morgan fingerprint density at radius 3 is 2.38 bits per heavy atom. The summed E-state index contributed by atoms with van der Waals surface area (Å²) in [6, 6.07) is 28.8. The zero-order valence-electron chi connectivity index (χ0n) is 25.9. The third-order valence-corrected chi connectivity index (χ3v) is 9.88. The number of hydrogen-bond donors (Lipinski definition) is 1. The number of carbonyl (C=O) groups is 1. The Balaban J connectivity index is 1.43. The van der Waals surface area contributed by atoms with Crippen LogP contribution < -0.4 is 14.5 Å². The Labute approximate surface area is 272 Å². The van der Waals surface area contributed by atoms with Gasteiger partial charge in [0.15, 0.2) is 0 Å².